The van der Waals surface area contributed by atoms with Gasteiger partial charge in [-0.1, -0.05) is 26.7 Å². The molecule has 0 spiro atoms. The molecule has 2 rings (SSSR count). The van der Waals surface area contributed by atoms with Gasteiger partial charge in [0.2, 0.25) is 0 Å². The van der Waals surface area contributed by atoms with Crippen molar-refractivity contribution < 1.29 is 4.74 Å². The molecule has 0 aromatic carbocycles. The fourth-order valence-corrected chi connectivity index (χ4v) is 3.10. The van der Waals surface area contributed by atoms with Crippen LogP contribution in [0, 0.1) is 5.92 Å². The summed E-state index contributed by atoms with van der Waals surface area (Å²) in [6.07, 6.45) is 12.9. The molecule has 0 aliphatic heterocycles. The normalized spacial score (nSPS) is 22.9. The zero-order valence-electron chi connectivity index (χ0n) is 13.0. The number of ether oxygens (including phenoxy) is 1. The fraction of sp³-hybridized carbons (Fsp3) is 0.765. The molecule has 0 atom stereocenters. The van der Waals surface area contributed by atoms with E-state index >= 15 is 0 Å². The Bertz CT molecular complexity index is 369. The van der Waals surface area contributed by atoms with Crippen LogP contribution in [0.2, 0.25) is 0 Å². The highest BCUT2D eigenvalue weighted by Gasteiger charge is 2.23. The first-order valence-corrected chi connectivity index (χ1v) is 8.22. The van der Waals surface area contributed by atoms with E-state index in [1.54, 1.807) is 0 Å². The molecule has 1 aliphatic rings. The summed E-state index contributed by atoms with van der Waals surface area (Å²) in [6, 6.07) is 0. The van der Waals surface area contributed by atoms with Crippen LogP contribution in [0.1, 0.15) is 76.1 Å². The van der Waals surface area contributed by atoms with Crippen molar-refractivity contribution in [2.75, 3.05) is 6.61 Å². The molecular weight excluding hydrogens is 248 g/mol. The topological polar surface area (TPSA) is 35.0 Å². The van der Waals surface area contributed by atoms with Crippen LogP contribution >= 0.6 is 0 Å². The predicted octanol–water partition coefficient (Wildman–Crippen LogP) is 4.48. The molecule has 1 aliphatic carbocycles. The van der Waals surface area contributed by atoms with Crippen molar-refractivity contribution >= 4 is 0 Å². The Morgan fingerprint density at radius 1 is 1.05 bits per heavy atom. The summed E-state index contributed by atoms with van der Waals surface area (Å²) in [5.74, 6) is 2.56. The Labute approximate surface area is 123 Å². The van der Waals surface area contributed by atoms with Crippen molar-refractivity contribution in [2.24, 2.45) is 5.92 Å². The largest absolute Gasteiger partial charge is 0.377 e. The molecule has 0 amide bonds. The van der Waals surface area contributed by atoms with Crippen LogP contribution in [-0.2, 0) is 11.3 Å². The van der Waals surface area contributed by atoms with Crippen molar-refractivity contribution in [3.05, 3.63) is 23.8 Å². The van der Waals surface area contributed by atoms with E-state index < -0.39 is 0 Å². The van der Waals surface area contributed by atoms with E-state index in [9.17, 15) is 0 Å². The number of rotatable bonds is 7. The van der Waals surface area contributed by atoms with Crippen molar-refractivity contribution in [1.82, 2.24) is 9.97 Å². The Hall–Kier alpha value is -0.960. The quantitative estimate of drug-likeness (QED) is 0.689. The molecule has 3 nitrogen and oxygen atoms in total. The monoisotopic (exact) mass is 276 g/mol. The van der Waals surface area contributed by atoms with Gasteiger partial charge < -0.3 is 4.74 Å². The van der Waals surface area contributed by atoms with Gasteiger partial charge in [0.05, 0.1) is 6.61 Å². The Kier molecular flexibility index (Phi) is 6.44. The van der Waals surface area contributed by atoms with Gasteiger partial charge in [0.1, 0.15) is 5.82 Å². The van der Waals surface area contributed by atoms with Gasteiger partial charge in [0, 0.05) is 30.5 Å². The number of hydrogen-bond acceptors (Lipinski definition) is 3. The van der Waals surface area contributed by atoms with Gasteiger partial charge >= 0.3 is 0 Å². The van der Waals surface area contributed by atoms with Crippen LogP contribution in [0.25, 0.3) is 0 Å². The van der Waals surface area contributed by atoms with Gasteiger partial charge in [-0.25, -0.2) is 9.97 Å². The maximum absolute atomic E-state index is 5.52. The Morgan fingerprint density at radius 3 is 2.35 bits per heavy atom. The minimum absolute atomic E-state index is 0.578. The average molecular weight is 276 g/mol. The van der Waals surface area contributed by atoms with Crippen molar-refractivity contribution in [3.63, 3.8) is 0 Å². The van der Waals surface area contributed by atoms with Gasteiger partial charge in [-0.3, -0.25) is 0 Å². The molecule has 1 heterocycles. The van der Waals surface area contributed by atoms with Gasteiger partial charge in [-0.15, -0.1) is 0 Å². The molecule has 1 saturated carbocycles. The van der Waals surface area contributed by atoms with Crippen LogP contribution in [0.15, 0.2) is 12.4 Å². The molecule has 0 N–H and O–H groups in total. The first-order valence-electron chi connectivity index (χ1n) is 8.22. The lowest BCUT2D eigenvalue weighted by Gasteiger charge is -2.27. The second-order valence-electron chi connectivity index (χ2n) is 6.01. The van der Waals surface area contributed by atoms with Crippen molar-refractivity contribution in [2.45, 2.75) is 71.3 Å². The molecule has 0 radical (unpaired) electrons. The third kappa shape index (κ3) is 4.55. The standard InChI is InChI=1S/C17H28N2O/c1-3-5-14-6-8-16(9-7-14)17-18-11-15(12-19-17)13-20-10-4-2/h11-12,14,16H,3-10,13H2,1-2H3. The zero-order chi connectivity index (χ0) is 14.2. The van der Waals surface area contributed by atoms with Gasteiger partial charge in [-0.05, 0) is 38.0 Å². The molecule has 112 valence electrons. The molecule has 1 aromatic rings. The molecule has 1 fully saturated rings. The average Bonchev–Trinajstić information content (AvgIpc) is 2.49. The molecule has 0 saturated heterocycles. The number of aromatic nitrogens is 2. The van der Waals surface area contributed by atoms with Crippen LogP contribution < -0.4 is 0 Å². The summed E-state index contributed by atoms with van der Waals surface area (Å²) in [6.45, 7) is 5.85. The zero-order valence-corrected chi connectivity index (χ0v) is 13.0. The summed E-state index contributed by atoms with van der Waals surface area (Å²) < 4.78 is 5.52. The van der Waals surface area contributed by atoms with E-state index in [4.69, 9.17) is 4.74 Å². The second kappa shape index (κ2) is 8.35. The van der Waals surface area contributed by atoms with E-state index in [-0.39, 0.29) is 0 Å². The fourth-order valence-electron chi connectivity index (χ4n) is 3.10. The van der Waals surface area contributed by atoms with Crippen LogP contribution in [-0.4, -0.2) is 16.6 Å². The van der Waals surface area contributed by atoms with E-state index in [2.05, 4.69) is 23.8 Å². The lowest BCUT2D eigenvalue weighted by molar-refractivity contribution is 0.121. The summed E-state index contributed by atoms with van der Waals surface area (Å²) >= 11 is 0. The number of hydrogen-bond donors (Lipinski definition) is 0. The summed E-state index contributed by atoms with van der Waals surface area (Å²) in [7, 11) is 0. The van der Waals surface area contributed by atoms with Crippen molar-refractivity contribution in [3.8, 4) is 0 Å². The van der Waals surface area contributed by atoms with E-state index in [1.165, 1.54) is 38.5 Å². The van der Waals surface area contributed by atoms with E-state index in [0.29, 0.717) is 12.5 Å². The minimum Gasteiger partial charge on any atom is -0.377 e. The highest BCUT2D eigenvalue weighted by atomic mass is 16.5. The van der Waals surface area contributed by atoms with Gasteiger partial charge in [0.25, 0.3) is 0 Å². The van der Waals surface area contributed by atoms with Crippen molar-refractivity contribution in [1.29, 1.82) is 0 Å². The van der Waals surface area contributed by atoms with Gasteiger partial charge in [-0.2, -0.15) is 0 Å². The maximum Gasteiger partial charge on any atom is 0.131 e. The Balaban J connectivity index is 1.81. The maximum atomic E-state index is 5.52. The minimum atomic E-state index is 0.578. The number of nitrogens with zero attached hydrogens (tertiary/aromatic N) is 2. The summed E-state index contributed by atoms with van der Waals surface area (Å²) in [5.41, 5.74) is 1.09. The third-order valence-corrected chi connectivity index (χ3v) is 4.25. The molecule has 0 bridgehead atoms. The second-order valence-corrected chi connectivity index (χ2v) is 6.01. The highest BCUT2D eigenvalue weighted by Crippen LogP contribution is 2.35. The van der Waals surface area contributed by atoms with Crippen LogP contribution in [0.5, 0.6) is 0 Å². The summed E-state index contributed by atoms with van der Waals surface area (Å²) in [4.78, 5) is 9.12. The van der Waals surface area contributed by atoms with E-state index in [0.717, 1.165) is 30.3 Å². The lowest BCUT2D eigenvalue weighted by Crippen LogP contribution is -2.15. The molecular formula is C17H28N2O. The van der Waals surface area contributed by atoms with Gasteiger partial charge in [0.15, 0.2) is 0 Å². The molecule has 20 heavy (non-hydrogen) atoms. The highest BCUT2D eigenvalue weighted by molar-refractivity contribution is 5.07. The van der Waals surface area contributed by atoms with Crippen LogP contribution in [0.4, 0.5) is 0 Å². The first-order chi connectivity index (χ1) is 9.83. The molecule has 1 aromatic heterocycles. The molecule has 3 heteroatoms. The Morgan fingerprint density at radius 2 is 1.75 bits per heavy atom. The predicted molar refractivity (Wildman–Crippen MR) is 81.6 cm³/mol. The lowest BCUT2D eigenvalue weighted by atomic mass is 9.80. The van der Waals surface area contributed by atoms with Crippen LogP contribution in [0.3, 0.4) is 0 Å². The smallest absolute Gasteiger partial charge is 0.131 e. The summed E-state index contributed by atoms with van der Waals surface area (Å²) in [5, 5.41) is 0. The SMILES string of the molecule is CCCOCc1cnc(C2CCC(CCC)CC2)nc1. The van der Waals surface area contributed by atoms with E-state index in [1.807, 2.05) is 12.4 Å². The molecule has 0 unspecified atom stereocenters. The third-order valence-electron chi connectivity index (χ3n) is 4.25. The first kappa shape index (κ1) is 15.4.